The summed E-state index contributed by atoms with van der Waals surface area (Å²) in [6.45, 7) is 8.86. The van der Waals surface area contributed by atoms with E-state index in [2.05, 4.69) is 54.4 Å². The standard InChI is InChI=1S/C14H23N3S2/c1-14(2,3)11-5-6-15-13(7-11)17-8-12(9-17)16-10-19-18-4/h5-7,12,16H,8-10H2,1-4H3. The largest absolute Gasteiger partial charge is 0.353 e. The van der Waals surface area contributed by atoms with Crippen molar-refractivity contribution in [2.75, 3.05) is 30.1 Å². The van der Waals surface area contributed by atoms with Gasteiger partial charge in [-0.1, -0.05) is 42.4 Å². The predicted octanol–water partition coefficient (Wildman–Crippen LogP) is 3.13. The number of hydrogen-bond acceptors (Lipinski definition) is 5. The van der Waals surface area contributed by atoms with Gasteiger partial charge in [0.25, 0.3) is 0 Å². The van der Waals surface area contributed by atoms with Crippen molar-refractivity contribution < 1.29 is 0 Å². The molecule has 0 radical (unpaired) electrons. The summed E-state index contributed by atoms with van der Waals surface area (Å²) in [5.74, 6) is 2.14. The van der Waals surface area contributed by atoms with Crippen molar-refractivity contribution in [1.82, 2.24) is 10.3 Å². The third-order valence-electron chi connectivity index (χ3n) is 3.37. The summed E-state index contributed by atoms with van der Waals surface area (Å²) in [5, 5.41) is 3.54. The highest BCUT2D eigenvalue weighted by molar-refractivity contribution is 8.76. The molecule has 1 N–H and O–H groups in total. The van der Waals surface area contributed by atoms with Gasteiger partial charge < -0.3 is 10.2 Å². The fourth-order valence-corrected chi connectivity index (χ4v) is 3.04. The second-order valence-electron chi connectivity index (χ2n) is 5.89. The van der Waals surface area contributed by atoms with Crippen LogP contribution in [0.15, 0.2) is 18.3 Å². The predicted molar refractivity (Wildman–Crippen MR) is 88.0 cm³/mol. The first-order chi connectivity index (χ1) is 9.00. The van der Waals surface area contributed by atoms with Crippen molar-refractivity contribution in [2.45, 2.75) is 32.2 Å². The summed E-state index contributed by atoms with van der Waals surface area (Å²) in [5.41, 5.74) is 1.54. The molecule has 5 heteroatoms. The van der Waals surface area contributed by atoms with Gasteiger partial charge in [-0.25, -0.2) is 4.98 Å². The topological polar surface area (TPSA) is 28.2 Å². The lowest BCUT2D eigenvalue weighted by atomic mass is 9.87. The van der Waals surface area contributed by atoms with Gasteiger partial charge in [0.15, 0.2) is 0 Å². The number of aromatic nitrogens is 1. The average molecular weight is 297 g/mol. The van der Waals surface area contributed by atoms with Crippen LogP contribution in [0, 0.1) is 0 Å². The summed E-state index contributed by atoms with van der Waals surface area (Å²) in [7, 11) is 3.67. The van der Waals surface area contributed by atoms with Gasteiger partial charge in [0.2, 0.25) is 0 Å². The Kier molecular flexibility index (Phi) is 5.03. The van der Waals surface area contributed by atoms with E-state index in [0.29, 0.717) is 6.04 Å². The van der Waals surface area contributed by atoms with E-state index in [-0.39, 0.29) is 5.41 Å². The molecule has 0 unspecified atom stereocenters. The van der Waals surface area contributed by atoms with Gasteiger partial charge in [0.05, 0.1) is 5.88 Å². The summed E-state index contributed by atoms with van der Waals surface area (Å²) >= 11 is 0. The van der Waals surface area contributed by atoms with Crippen molar-refractivity contribution in [2.24, 2.45) is 0 Å². The van der Waals surface area contributed by atoms with E-state index < -0.39 is 0 Å². The molecule has 0 atom stereocenters. The summed E-state index contributed by atoms with van der Waals surface area (Å²) in [4.78, 5) is 6.84. The summed E-state index contributed by atoms with van der Waals surface area (Å²) in [6.07, 6.45) is 4.04. The van der Waals surface area contributed by atoms with Crippen LogP contribution in [0.25, 0.3) is 0 Å². The summed E-state index contributed by atoms with van der Waals surface area (Å²) in [6, 6.07) is 4.96. The number of anilines is 1. The van der Waals surface area contributed by atoms with Gasteiger partial charge in [0.1, 0.15) is 5.82 Å². The zero-order chi connectivity index (χ0) is 13.9. The first-order valence-electron chi connectivity index (χ1n) is 6.61. The maximum absolute atomic E-state index is 4.49. The monoisotopic (exact) mass is 297 g/mol. The fourth-order valence-electron chi connectivity index (χ4n) is 2.06. The molecule has 0 aliphatic carbocycles. The first kappa shape index (κ1) is 15.0. The zero-order valence-corrected chi connectivity index (χ0v) is 13.8. The molecular formula is C14H23N3S2. The Morgan fingerprint density at radius 3 is 2.79 bits per heavy atom. The van der Waals surface area contributed by atoms with Crippen LogP contribution in [0.4, 0.5) is 5.82 Å². The zero-order valence-electron chi connectivity index (χ0n) is 12.1. The van der Waals surface area contributed by atoms with E-state index >= 15 is 0 Å². The Morgan fingerprint density at radius 1 is 1.42 bits per heavy atom. The van der Waals surface area contributed by atoms with Gasteiger partial charge in [0, 0.05) is 25.3 Å². The minimum absolute atomic E-state index is 0.190. The maximum atomic E-state index is 4.49. The molecule has 1 aliphatic heterocycles. The van der Waals surface area contributed by atoms with Gasteiger partial charge in [-0.3, -0.25) is 0 Å². The molecule has 0 bridgehead atoms. The molecule has 2 rings (SSSR count). The Balaban J connectivity index is 1.88. The van der Waals surface area contributed by atoms with E-state index in [9.17, 15) is 0 Å². The molecule has 1 saturated heterocycles. The lowest BCUT2D eigenvalue weighted by Crippen LogP contribution is -2.58. The lowest BCUT2D eigenvalue weighted by Gasteiger charge is -2.41. The molecule has 19 heavy (non-hydrogen) atoms. The minimum Gasteiger partial charge on any atom is -0.353 e. The lowest BCUT2D eigenvalue weighted by molar-refractivity contribution is 0.441. The number of nitrogens with one attached hydrogen (secondary N) is 1. The quantitative estimate of drug-likeness (QED) is 0.512. The van der Waals surface area contributed by atoms with Crippen molar-refractivity contribution in [3.05, 3.63) is 23.9 Å². The van der Waals surface area contributed by atoms with Crippen LogP contribution in [0.2, 0.25) is 0 Å². The van der Waals surface area contributed by atoms with Crippen LogP contribution >= 0.6 is 21.6 Å². The van der Waals surface area contributed by atoms with Crippen LogP contribution in [0.5, 0.6) is 0 Å². The molecule has 1 aliphatic rings. The highest BCUT2D eigenvalue weighted by Gasteiger charge is 2.27. The minimum atomic E-state index is 0.190. The fraction of sp³-hybridized carbons (Fsp3) is 0.643. The maximum Gasteiger partial charge on any atom is 0.128 e. The third kappa shape index (κ3) is 4.04. The molecular weight excluding hydrogens is 274 g/mol. The van der Waals surface area contributed by atoms with Gasteiger partial charge in [-0.2, -0.15) is 0 Å². The van der Waals surface area contributed by atoms with Gasteiger partial charge in [-0.15, -0.1) is 0 Å². The van der Waals surface area contributed by atoms with Crippen LogP contribution in [-0.2, 0) is 5.41 Å². The number of hydrogen-bond donors (Lipinski definition) is 1. The number of rotatable bonds is 5. The Hall–Kier alpha value is -0.390. The van der Waals surface area contributed by atoms with E-state index in [0.717, 1.165) is 24.8 Å². The van der Waals surface area contributed by atoms with Crippen LogP contribution < -0.4 is 10.2 Å². The Morgan fingerprint density at radius 2 is 2.16 bits per heavy atom. The number of pyridine rings is 1. The normalized spacial score (nSPS) is 16.5. The van der Waals surface area contributed by atoms with Crippen molar-refractivity contribution in [1.29, 1.82) is 0 Å². The molecule has 0 saturated carbocycles. The van der Waals surface area contributed by atoms with E-state index in [4.69, 9.17) is 0 Å². The molecule has 0 aromatic carbocycles. The van der Waals surface area contributed by atoms with Crippen LogP contribution in [0.3, 0.4) is 0 Å². The molecule has 1 aromatic heterocycles. The van der Waals surface area contributed by atoms with Crippen LogP contribution in [0.1, 0.15) is 26.3 Å². The molecule has 0 spiro atoms. The summed E-state index contributed by atoms with van der Waals surface area (Å²) < 4.78 is 0. The Labute approximate surface area is 124 Å². The molecule has 1 aromatic rings. The van der Waals surface area contributed by atoms with Crippen molar-refractivity contribution >= 4 is 27.4 Å². The van der Waals surface area contributed by atoms with E-state index in [1.807, 2.05) is 27.8 Å². The van der Waals surface area contributed by atoms with Crippen molar-refractivity contribution in [3.63, 3.8) is 0 Å². The van der Waals surface area contributed by atoms with Crippen molar-refractivity contribution in [3.8, 4) is 0 Å². The second-order valence-corrected chi connectivity index (χ2v) is 8.45. The number of nitrogens with zero attached hydrogens (tertiary/aromatic N) is 2. The van der Waals surface area contributed by atoms with Gasteiger partial charge >= 0.3 is 0 Å². The highest BCUT2D eigenvalue weighted by atomic mass is 33.1. The average Bonchev–Trinajstić information content (AvgIpc) is 2.31. The highest BCUT2D eigenvalue weighted by Crippen LogP contribution is 2.27. The second kappa shape index (κ2) is 6.37. The van der Waals surface area contributed by atoms with Gasteiger partial charge in [-0.05, 0) is 29.4 Å². The smallest absolute Gasteiger partial charge is 0.128 e. The van der Waals surface area contributed by atoms with E-state index in [1.54, 1.807) is 0 Å². The Bertz CT molecular complexity index is 411. The molecule has 3 nitrogen and oxygen atoms in total. The first-order valence-corrected chi connectivity index (χ1v) is 9.34. The molecule has 1 fully saturated rings. The van der Waals surface area contributed by atoms with E-state index in [1.165, 1.54) is 5.56 Å². The molecule has 106 valence electrons. The molecule has 2 heterocycles. The van der Waals surface area contributed by atoms with Crippen LogP contribution in [-0.4, -0.2) is 36.2 Å². The third-order valence-corrected chi connectivity index (χ3v) is 4.95. The SMILES string of the molecule is CSSCNC1CN(c2cc(C(C)(C)C)ccn2)C1. The molecule has 0 amide bonds.